The van der Waals surface area contributed by atoms with Crippen molar-refractivity contribution in [3.05, 3.63) is 51.4 Å². The molecule has 0 amide bonds. The molecule has 0 radical (unpaired) electrons. The minimum Gasteiger partial charge on any atom is -0.465 e. The lowest BCUT2D eigenvalue weighted by atomic mass is 10.1. The fourth-order valence-corrected chi connectivity index (χ4v) is 3.83. The van der Waals surface area contributed by atoms with Crippen molar-refractivity contribution in [1.29, 1.82) is 0 Å². The topological polar surface area (TPSA) is 90.9 Å². The molecule has 1 aromatic heterocycles. The fraction of sp³-hybridized carbons (Fsp3) is 0.278. The Kier molecular flexibility index (Phi) is 4.94. The van der Waals surface area contributed by atoms with E-state index in [1.165, 1.54) is 7.11 Å². The summed E-state index contributed by atoms with van der Waals surface area (Å²) in [6, 6.07) is 6.98. The first-order valence-corrected chi connectivity index (χ1v) is 8.74. The molecule has 0 bridgehead atoms. The summed E-state index contributed by atoms with van der Waals surface area (Å²) in [5, 5.41) is 3.42. The van der Waals surface area contributed by atoms with Crippen LogP contribution in [0.5, 0.6) is 0 Å². The molecule has 3 rings (SSSR count). The van der Waals surface area contributed by atoms with E-state index in [0.717, 1.165) is 11.3 Å². The number of hydrogen-bond donors (Lipinski definition) is 1. The zero-order valence-electron chi connectivity index (χ0n) is 14.5. The number of thiophene rings is 1. The van der Waals surface area contributed by atoms with Gasteiger partial charge in [0.15, 0.2) is 0 Å². The zero-order chi connectivity index (χ0) is 18.8. The van der Waals surface area contributed by atoms with Crippen molar-refractivity contribution in [3.63, 3.8) is 0 Å². The third-order valence-electron chi connectivity index (χ3n) is 3.95. The maximum absolute atomic E-state index is 12.2. The van der Waals surface area contributed by atoms with Crippen LogP contribution >= 0.6 is 11.3 Å². The molecule has 2 aromatic rings. The summed E-state index contributed by atoms with van der Waals surface area (Å²) in [6.45, 7) is 3.57. The second-order valence-corrected chi connectivity index (χ2v) is 6.51. The van der Waals surface area contributed by atoms with Gasteiger partial charge in [-0.25, -0.2) is 14.4 Å². The third-order valence-corrected chi connectivity index (χ3v) is 5.15. The van der Waals surface area contributed by atoms with Gasteiger partial charge in [-0.3, -0.25) is 0 Å². The molecule has 0 saturated heterocycles. The highest BCUT2D eigenvalue weighted by Gasteiger charge is 2.33. The van der Waals surface area contributed by atoms with Crippen LogP contribution in [0.3, 0.4) is 0 Å². The second-order valence-electron chi connectivity index (χ2n) is 5.49. The Bertz CT molecular complexity index is 888. The van der Waals surface area contributed by atoms with E-state index in [1.807, 2.05) is 0 Å². The molecule has 0 saturated carbocycles. The van der Waals surface area contributed by atoms with E-state index < -0.39 is 24.1 Å². The Labute approximate surface area is 153 Å². The van der Waals surface area contributed by atoms with Crippen molar-refractivity contribution in [2.45, 2.75) is 20.1 Å². The minimum atomic E-state index is -0.754. The van der Waals surface area contributed by atoms with Gasteiger partial charge in [0.2, 0.25) is 6.23 Å². The standard InChI is InChI=1S/C18H17NO6S/c1-4-24-18(22)13-9(2)12(17(21)23-3)15(26-13)19-14-10-7-5-6-8-11(10)16(20)25-14/h5-8,14,19H,4H2,1-3H3/t14-/m1/s1. The Hall–Kier alpha value is -2.87. The van der Waals surface area contributed by atoms with Gasteiger partial charge in [0.25, 0.3) is 0 Å². The van der Waals surface area contributed by atoms with Gasteiger partial charge in [0.05, 0.1) is 24.8 Å². The van der Waals surface area contributed by atoms with E-state index in [4.69, 9.17) is 14.2 Å². The molecule has 1 N–H and O–H groups in total. The largest absolute Gasteiger partial charge is 0.465 e. The summed E-state index contributed by atoms with van der Waals surface area (Å²) < 4.78 is 15.2. The number of esters is 3. The van der Waals surface area contributed by atoms with Gasteiger partial charge in [0.1, 0.15) is 9.88 Å². The van der Waals surface area contributed by atoms with Crippen LogP contribution in [0.25, 0.3) is 0 Å². The molecule has 0 aliphatic carbocycles. The molecular weight excluding hydrogens is 358 g/mol. The first kappa shape index (κ1) is 17.9. The van der Waals surface area contributed by atoms with Crippen LogP contribution in [0.2, 0.25) is 0 Å². The van der Waals surface area contributed by atoms with Crippen LogP contribution in [-0.4, -0.2) is 31.6 Å². The number of rotatable bonds is 5. The first-order chi connectivity index (χ1) is 12.5. The summed E-state index contributed by atoms with van der Waals surface area (Å²) in [5.41, 5.74) is 1.81. The number of ether oxygens (including phenoxy) is 3. The normalized spacial score (nSPS) is 15.2. The molecule has 1 atom stereocenters. The molecule has 0 fully saturated rings. The van der Waals surface area contributed by atoms with E-state index in [2.05, 4.69) is 5.32 Å². The number of hydrogen-bond acceptors (Lipinski definition) is 8. The molecule has 8 heteroatoms. The Morgan fingerprint density at radius 3 is 2.69 bits per heavy atom. The van der Waals surface area contributed by atoms with Crippen LogP contribution in [0.4, 0.5) is 5.00 Å². The molecule has 1 aliphatic heterocycles. The average molecular weight is 375 g/mol. The van der Waals surface area contributed by atoms with Gasteiger partial charge in [-0.1, -0.05) is 18.2 Å². The van der Waals surface area contributed by atoms with Gasteiger partial charge in [-0.2, -0.15) is 0 Å². The van der Waals surface area contributed by atoms with Crippen LogP contribution in [0.15, 0.2) is 24.3 Å². The summed E-state index contributed by atoms with van der Waals surface area (Å²) in [6.07, 6.45) is -0.754. The summed E-state index contributed by atoms with van der Waals surface area (Å²) in [5.74, 6) is -1.55. The second kappa shape index (κ2) is 7.17. The van der Waals surface area contributed by atoms with E-state index in [0.29, 0.717) is 26.6 Å². The lowest BCUT2D eigenvalue weighted by Gasteiger charge is -2.14. The fourth-order valence-electron chi connectivity index (χ4n) is 2.73. The highest BCUT2D eigenvalue weighted by molar-refractivity contribution is 7.18. The quantitative estimate of drug-likeness (QED) is 0.633. The smallest absolute Gasteiger partial charge is 0.348 e. The van der Waals surface area contributed by atoms with Gasteiger partial charge in [-0.05, 0) is 25.5 Å². The first-order valence-electron chi connectivity index (χ1n) is 7.93. The van der Waals surface area contributed by atoms with Crippen molar-refractivity contribution in [3.8, 4) is 0 Å². The lowest BCUT2D eigenvalue weighted by molar-refractivity contribution is 0.0436. The van der Waals surface area contributed by atoms with Crippen LogP contribution in [-0.2, 0) is 14.2 Å². The molecule has 7 nitrogen and oxygen atoms in total. The number of nitrogens with one attached hydrogen (secondary N) is 1. The highest BCUT2D eigenvalue weighted by Crippen LogP contribution is 2.39. The summed E-state index contributed by atoms with van der Waals surface area (Å²) in [7, 11) is 1.26. The number of fused-ring (bicyclic) bond motifs is 1. The molecule has 2 heterocycles. The van der Waals surface area contributed by atoms with Gasteiger partial charge < -0.3 is 19.5 Å². The maximum atomic E-state index is 12.2. The average Bonchev–Trinajstić information content (AvgIpc) is 3.13. The Morgan fingerprint density at radius 2 is 2.00 bits per heavy atom. The predicted molar refractivity (Wildman–Crippen MR) is 94.6 cm³/mol. The van der Waals surface area contributed by atoms with E-state index in [9.17, 15) is 14.4 Å². The maximum Gasteiger partial charge on any atom is 0.348 e. The number of methoxy groups -OCH3 is 1. The molecule has 26 heavy (non-hydrogen) atoms. The van der Waals surface area contributed by atoms with Gasteiger partial charge in [-0.15, -0.1) is 11.3 Å². The number of carbonyl (C=O) groups excluding carboxylic acids is 3. The Balaban J connectivity index is 2.00. The Morgan fingerprint density at radius 1 is 1.27 bits per heavy atom. The van der Waals surface area contributed by atoms with Crippen molar-refractivity contribution in [1.82, 2.24) is 0 Å². The molecule has 136 valence electrons. The minimum absolute atomic E-state index is 0.222. The van der Waals surface area contributed by atoms with Crippen molar-refractivity contribution >= 4 is 34.2 Å². The molecule has 0 spiro atoms. The van der Waals surface area contributed by atoms with Crippen molar-refractivity contribution < 1.29 is 28.6 Å². The van der Waals surface area contributed by atoms with Gasteiger partial charge in [0, 0.05) is 5.56 Å². The van der Waals surface area contributed by atoms with E-state index in [-0.39, 0.29) is 12.2 Å². The van der Waals surface area contributed by atoms with Crippen molar-refractivity contribution in [2.24, 2.45) is 0 Å². The SMILES string of the molecule is CCOC(=O)c1sc(N[C@@H]2OC(=O)c3ccccc32)c(C(=O)OC)c1C. The van der Waals surface area contributed by atoms with Gasteiger partial charge >= 0.3 is 17.9 Å². The number of anilines is 1. The predicted octanol–water partition coefficient (Wildman–Crippen LogP) is 3.30. The van der Waals surface area contributed by atoms with E-state index >= 15 is 0 Å². The number of carbonyl (C=O) groups is 3. The number of benzene rings is 1. The zero-order valence-corrected chi connectivity index (χ0v) is 15.3. The molecule has 1 aliphatic rings. The van der Waals surface area contributed by atoms with Crippen LogP contribution < -0.4 is 5.32 Å². The lowest BCUT2D eigenvalue weighted by Crippen LogP contribution is -2.13. The summed E-state index contributed by atoms with van der Waals surface area (Å²) in [4.78, 5) is 36.7. The third kappa shape index (κ3) is 3.03. The van der Waals surface area contributed by atoms with Crippen LogP contribution in [0, 0.1) is 6.92 Å². The highest BCUT2D eigenvalue weighted by atomic mass is 32.1. The summed E-state index contributed by atoms with van der Waals surface area (Å²) >= 11 is 1.06. The molecule has 1 aromatic carbocycles. The monoisotopic (exact) mass is 375 g/mol. The number of cyclic esters (lactones) is 1. The molecule has 0 unspecified atom stereocenters. The van der Waals surface area contributed by atoms with Crippen LogP contribution in [0.1, 0.15) is 54.7 Å². The molecular formula is C18H17NO6S. The van der Waals surface area contributed by atoms with E-state index in [1.54, 1.807) is 38.1 Å². The van der Waals surface area contributed by atoms with Crippen molar-refractivity contribution in [2.75, 3.05) is 19.0 Å².